The summed E-state index contributed by atoms with van der Waals surface area (Å²) in [5.74, 6) is -0.303. The maximum Gasteiger partial charge on any atom is 0.268 e. The number of quaternary nitrogens is 1. The van der Waals surface area contributed by atoms with Gasteiger partial charge in [0.1, 0.15) is 19.3 Å². The van der Waals surface area contributed by atoms with Crippen molar-refractivity contribution in [3.63, 3.8) is 0 Å². The summed E-state index contributed by atoms with van der Waals surface area (Å²) in [4.78, 5) is 25.5. The summed E-state index contributed by atoms with van der Waals surface area (Å²) in [5.41, 5.74) is 0. The number of rotatable bonds is 52. The number of allylic oxidation sites excluding steroid dienone is 22. The van der Waals surface area contributed by atoms with E-state index in [1.165, 1.54) is 51.4 Å². The number of carbonyl (C=O) groups is 1. The van der Waals surface area contributed by atoms with Crippen LogP contribution in [0.15, 0.2) is 134 Å². The minimum Gasteiger partial charge on any atom is -0.756 e. The van der Waals surface area contributed by atoms with Crippen molar-refractivity contribution in [2.45, 2.75) is 231 Å². The lowest BCUT2D eigenvalue weighted by atomic mass is 9.99. The van der Waals surface area contributed by atoms with E-state index in [2.05, 4.69) is 153 Å². The first-order chi connectivity index (χ1) is 36.4. The average molecular weight is 1060 g/mol. The number of carbonyl (C=O) groups excluding carboxylic acids is 1. The number of nitrogens with zero attached hydrogens (tertiary/aromatic N) is 1. The highest BCUT2D eigenvalue weighted by molar-refractivity contribution is 7.45. The van der Waals surface area contributed by atoms with Gasteiger partial charge in [-0.1, -0.05) is 244 Å². The van der Waals surface area contributed by atoms with E-state index in [0.717, 1.165) is 128 Å². The molecule has 428 valence electrons. The summed E-state index contributed by atoms with van der Waals surface area (Å²) < 4.78 is 23.2. The molecule has 1 amide bonds. The smallest absolute Gasteiger partial charge is 0.268 e. The van der Waals surface area contributed by atoms with E-state index >= 15 is 0 Å². The number of hydrogen-bond donors (Lipinski definition) is 3. The van der Waals surface area contributed by atoms with Crippen molar-refractivity contribution < 1.29 is 38.0 Å². The predicted octanol–water partition coefficient (Wildman–Crippen LogP) is 16.7. The zero-order chi connectivity index (χ0) is 55.0. The summed E-state index contributed by atoms with van der Waals surface area (Å²) in [6, 6.07) is -1.09. The van der Waals surface area contributed by atoms with E-state index in [1.807, 2.05) is 21.1 Å². The molecule has 0 spiro atoms. The molecule has 0 bridgehead atoms. The number of likely N-dealkylation sites (N-methyl/N-ethyl adjacent to an activating group) is 1. The van der Waals surface area contributed by atoms with Crippen LogP contribution in [0.25, 0.3) is 0 Å². The Bertz CT molecular complexity index is 1700. The molecule has 0 aromatic heterocycles. The number of aliphatic hydroxyl groups is 2. The van der Waals surface area contributed by atoms with Crippen molar-refractivity contribution in [3.8, 4) is 0 Å². The molecule has 75 heavy (non-hydrogen) atoms. The van der Waals surface area contributed by atoms with E-state index in [1.54, 1.807) is 0 Å². The molecule has 10 heteroatoms. The van der Waals surface area contributed by atoms with E-state index in [0.29, 0.717) is 23.9 Å². The first kappa shape index (κ1) is 71.6. The Morgan fingerprint density at radius 3 is 1.23 bits per heavy atom. The largest absolute Gasteiger partial charge is 0.756 e. The second-order valence-electron chi connectivity index (χ2n) is 20.8. The molecule has 0 aliphatic carbocycles. The Morgan fingerprint density at radius 1 is 0.493 bits per heavy atom. The highest BCUT2D eigenvalue weighted by atomic mass is 31.2. The molecular formula is C65H111N2O7P. The summed E-state index contributed by atoms with van der Waals surface area (Å²) in [7, 11) is 1.09. The van der Waals surface area contributed by atoms with Crippen molar-refractivity contribution >= 4 is 13.7 Å². The molecule has 0 heterocycles. The summed E-state index contributed by atoms with van der Waals surface area (Å²) >= 11 is 0. The standard InChI is InChI=1S/C65H111N2O7P/c1-6-8-10-12-14-16-18-20-21-22-23-24-25-26-27-28-29-30-31-32-33-34-35-36-37-38-39-40-41-42-43-44-45-46-48-50-52-54-56-58-64(69)66-62(61-74-75(71,72)73-60-59-67(3,4)5)65(70)63(68)57-55-53-51-49-47-19-17-15-13-11-9-7-2/h8,10,14,16,20-21,23-24,26-27,29-30,32-33,35-36,38-39,41-42,44-45,62-63,65,68,70H,6-7,9,11-13,15,17-19,22,25,28,31,34,37,40,43,46-61H2,1-5H3,(H-,66,69,71,72)/b10-8-,16-14-,21-20-,24-23-,27-26-,30-29-,33-32-,36-35-,39-38-,42-41-,45-44-. The molecule has 9 nitrogen and oxygen atoms in total. The van der Waals surface area contributed by atoms with Gasteiger partial charge in [-0.2, -0.15) is 0 Å². The summed E-state index contributed by atoms with van der Waals surface area (Å²) in [6.45, 7) is 4.29. The van der Waals surface area contributed by atoms with Gasteiger partial charge in [0.05, 0.1) is 39.9 Å². The number of amides is 1. The minimum absolute atomic E-state index is 0.0517. The van der Waals surface area contributed by atoms with Crippen LogP contribution >= 0.6 is 7.82 Å². The SMILES string of the molecule is CC/C=C\C/C=C\C/C=C\C/C=C\C/C=C\C/C=C\C/C=C\C/C=C\C/C=C\C/C=C\C/C=C\CCCCCCCC(=O)NC(COP(=O)([O-])OCC[N+](C)(C)C)C(O)C(O)CCCCCCCCCCCCCC. The van der Waals surface area contributed by atoms with E-state index < -0.39 is 32.7 Å². The first-order valence-corrected chi connectivity index (χ1v) is 31.1. The van der Waals surface area contributed by atoms with E-state index in [-0.39, 0.29) is 18.9 Å². The lowest BCUT2D eigenvalue weighted by molar-refractivity contribution is -0.870. The van der Waals surface area contributed by atoms with Crippen LogP contribution in [0.5, 0.6) is 0 Å². The van der Waals surface area contributed by atoms with Crippen LogP contribution in [0.1, 0.15) is 213 Å². The summed E-state index contributed by atoms with van der Waals surface area (Å²) in [5, 5.41) is 24.7. The van der Waals surface area contributed by atoms with Gasteiger partial charge in [-0.15, -0.1) is 0 Å². The Balaban J connectivity index is 4.24. The van der Waals surface area contributed by atoms with Crippen LogP contribution in [0.2, 0.25) is 0 Å². The number of phosphoric ester groups is 1. The van der Waals surface area contributed by atoms with Crippen LogP contribution in [0.3, 0.4) is 0 Å². The van der Waals surface area contributed by atoms with Crippen molar-refractivity contribution in [1.29, 1.82) is 0 Å². The lowest BCUT2D eigenvalue weighted by Crippen LogP contribution is -2.51. The molecule has 0 fully saturated rings. The Hall–Kier alpha value is -3.40. The fourth-order valence-corrected chi connectivity index (χ4v) is 8.57. The maximum atomic E-state index is 13.0. The minimum atomic E-state index is -4.69. The third kappa shape index (κ3) is 55.2. The van der Waals surface area contributed by atoms with Crippen LogP contribution in [-0.2, 0) is 18.4 Å². The van der Waals surface area contributed by atoms with Crippen molar-refractivity contribution in [2.24, 2.45) is 0 Å². The van der Waals surface area contributed by atoms with Gasteiger partial charge in [-0.3, -0.25) is 9.36 Å². The van der Waals surface area contributed by atoms with Crippen molar-refractivity contribution in [2.75, 3.05) is 40.9 Å². The van der Waals surface area contributed by atoms with E-state index in [4.69, 9.17) is 9.05 Å². The van der Waals surface area contributed by atoms with Gasteiger partial charge >= 0.3 is 0 Å². The molecule has 0 aromatic carbocycles. The second-order valence-corrected chi connectivity index (χ2v) is 22.2. The fraction of sp³-hybridized carbons (Fsp3) is 0.646. The normalized spacial score (nSPS) is 15.3. The molecule has 0 aliphatic rings. The van der Waals surface area contributed by atoms with Gasteiger partial charge < -0.3 is 34.0 Å². The first-order valence-electron chi connectivity index (χ1n) is 29.6. The van der Waals surface area contributed by atoms with Crippen molar-refractivity contribution in [1.82, 2.24) is 5.32 Å². The molecule has 0 saturated heterocycles. The molecular weight excluding hydrogens is 952 g/mol. The van der Waals surface area contributed by atoms with E-state index in [9.17, 15) is 24.5 Å². The lowest BCUT2D eigenvalue weighted by Gasteiger charge is -2.31. The van der Waals surface area contributed by atoms with Crippen LogP contribution in [0, 0.1) is 0 Å². The van der Waals surface area contributed by atoms with Gasteiger partial charge in [-0.25, -0.2) is 0 Å². The molecule has 0 rings (SSSR count). The van der Waals surface area contributed by atoms with Gasteiger partial charge in [0, 0.05) is 6.42 Å². The molecule has 0 radical (unpaired) electrons. The average Bonchev–Trinajstić information content (AvgIpc) is 3.37. The van der Waals surface area contributed by atoms with Crippen LogP contribution in [-0.4, -0.2) is 79.8 Å². The Morgan fingerprint density at radius 2 is 0.840 bits per heavy atom. The van der Waals surface area contributed by atoms with Crippen LogP contribution in [0.4, 0.5) is 0 Å². The van der Waals surface area contributed by atoms with Gasteiger partial charge in [0.15, 0.2) is 0 Å². The predicted molar refractivity (Wildman–Crippen MR) is 321 cm³/mol. The zero-order valence-electron chi connectivity index (χ0n) is 48.3. The number of aliphatic hydroxyl groups excluding tert-OH is 2. The quantitative estimate of drug-likeness (QED) is 0.0240. The monoisotopic (exact) mass is 1060 g/mol. The molecule has 0 aliphatic heterocycles. The molecule has 0 aromatic rings. The molecule has 4 unspecified atom stereocenters. The Kier molecular flexibility index (Phi) is 51.5. The molecule has 4 atom stereocenters. The van der Waals surface area contributed by atoms with Gasteiger partial charge in [0.25, 0.3) is 7.82 Å². The Labute approximate surface area is 460 Å². The third-order valence-electron chi connectivity index (χ3n) is 12.5. The molecule has 0 saturated carbocycles. The fourth-order valence-electron chi connectivity index (χ4n) is 7.85. The molecule has 3 N–H and O–H groups in total. The summed E-state index contributed by atoms with van der Waals surface area (Å²) in [6.07, 6.45) is 78.0. The van der Waals surface area contributed by atoms with Gasteiger partial charge in [0.2, 0.25) is 5.91 Å². The zero-order valence-corrected chi connectivity index (χ0v) is 49.2. The second kappa shape index (κ2) is 54.0. The highest BCUT2D eigenvalue weighted by Gasteiger charge is 2.29. The topological polar surface area (TPSA) is 128 Å². The number of phosphoric acid groups is 1. The number of nitrogens with one attached hydrogen (secondary N) is 1. The van der Waals surface area contributed by atoms with Crippen LogP contribution < -0.4 is 10.2 Å². The number of hydrogen-bond acceptors (Lipinski definition) is 7. The maximum absolute atomic E-state index is 13.0. The highest BCUT2D eigenvalue weighted by Crippen LogP contribution is 2.38. The van der Waals surface area contributed by atoms with Gasteiger partial charge in [-0.05, 0) is 96.3 Å². The number of unbranched alkanes of at least 4 members (excludes halogenated alkanes) is 16. The van der Waals surface area contributed by atoms with Crippen molar-refractivity contribution in [3.05, 3.63) is 134 Å². The third-order valence-corrected chi connectivity index (χ3v) is 13.5.